The normalized spacial score (nSPS) is 20.0. The van der Waals surface area contributed by atoms with E-state index in [1.807, 2.05) is 12.1 Å². The van der Waals surface area contributed by atoms with Crippen LogP contribution in [0.15, 0.2) is 18.2 Å². The van der Waals surface area contributed by atoms with Crippen molar-refractivity contribution in [1.82, 2.24) is 0 Å². The minimum Gasteiger partial charge on any atom is -0.368 e. The molecule has 2 rings (SSSR count). The Morgan fingerprint density at radius 1 is 1.47 bits per heavy atom. The Balaban J connectivity index is 2.02. The van der Waals surface area contributed by atoms with Gasteiger partial charge in [0, 0.05) is 15.2 Å². The Kier molecular flexibility index (Phi) is 4.64. The lowest BCUT2D eigenvalue weighted by atomic mass is 10.1. The first-order valence-electron chi connectivity index (χ1n) is 5.54. The second-order valence-electron chi connectivity index (χ2n) is 3.97. The van der Waals surface area contributed by atoms with Crippen LogP contribution in [0.3, 0.4) is 0 Å². The van der Waals surface area contributed by atoms with Gasteiger partial charge in [0.25, 0.3) is 5.91 Å². The average molecular weight is 366 g/mol. The quantitative estimate of drug-likeness (QED) is 0.815. The number of amides is 1. The van der Waals surface area contributed by atoms with E-state index in [-0.39, 0.29) is 12.0 Å². The zero-order valence-corrected chi connectivity index (χ0v) is 12.1. The van der Waals surface area contributed by atoms with Gasteiger partial charge in [0.15, 0.2) is 0 Å². The van der Waals surface area contributed by atoms with Gasteiger partial charge in [-0.05, 0) is 60.1 Å². The third-order valence-corrected chi connectivity index (χ3v) is 3.79. The molecule has 0 bridgehead atoms. The molecule has 3 nitrogen and oxygen atoms in total. The van der Waals surface area contributed by atoms with Crippen molar-refractivity contribution in [3.05, 3.63) is 26.8 Å². The predicted molar refractivity (Wildman–Crippen MR) is 76.4 cm³/mol. The largest absolute Gasteiger partial charge is 0.368 e. The van der Waals surface area contributed by atoms with Crippen LogP contribution < -0.4 is 5.32 Å². The second kappa shape index (κ2) is 6.02. The van der Waals surface area contributed by atoms with Gasteiger partial charge in [-0.2, -0.15) is 0 Å². The molecule has 1 aliphatic heterocycles. The molecule has 1 saturated heterocycles. The van der Waals surface area contributed by atoms with E-state index in [0.717, 1.165) is 28.5 Å². The standard InChI is InChI=1S/C12H13ClINO2/c13-8-4-5-10(9(14)7-8)15-12(16)11-3-1-2-6-17-11/h4-5,7,11H,1-3,6H2,(H,15,16). The van der Waals surface area contributed by atoms with Crippen molar-refractivity contribution >= 4 is 45.8 Å². The van der Waals surface area contributed by atoms with Crippen molar-refractivity contribution in [2.24, 2.45) is 0 Å². The lowest BCUT2D eigenvalue weighted by Crippen LogP contribution is -2.33. The van der Waals surface area contributed by atoms with Crippen LogP contribution in [-0.2, 0) is 9.53 Å². The highest BCUT2D eigenvalue weighted by Crippen LogP contribution is 2.23. The lowest BCUT2D eigenvalue weighted by molar-refractivity contribution is -0.129. The molecule has 1 fully saturated rings. The van der Waals surface area contributed by atoms with E-state index in [1.165, 1.54) is 0 Å². The molecule has 1 heterocycles. The third-order valence-electron chi connectivity index (χ3n) is 2.66. The molecule has 0 radical (unpaired) electrons. The number of nitrogens with one attached hydrogen (secondary N) is 1. The van der Waals surface area contributed by atoms with Gasteiger partial charge in [0.05, 0.1) is 5.69 Å². The highest BCUT2D eigenvalue weighted by atomic mass is 127. The summed E-state index contributed by atoms with van der Waals surface area (Å²) in [6, 6.07) is 5.39. The summed E-state index contributed by atoms with van der Waals surface area (Å²) < 4.78 is 6.36. The number of hydrogen-bond donors (Lipinski definition) is 1. The van der Waals surface area contributed by atoms with E-state index >= 15 is 0 Å². The number of rotatable bonds is 2. The third kappa shape index (κ3) is 3.56. The number of halogens is 2. The summed E-state index contributed by atoms with van der Waals surface area (Å²) in [6.07, 6.45) is 2.59. The second-order valence-corrected chi connectivity index (χ2v) is 5.57. The van der Waals surface area contributed by atoms with Gasteiger partial charge < -0.3 is 10.1 Å². The number of hydrogen-bond acceptors (Lipinski definition) is 2. The molecule has 0 aromatic heterocycles. The number of anilines is 1. The van der Waals surface area contributed by atoms with Crippen molar-refractivity contribution in [1.29, 1.82) is 0 Å². The first kappa shape index (κ1) is 13.1. The van der Waals surface area contributed by atoms with Crippen molar-refractivity contribution in [2.45, 2.75) is 25.4 Å². The van der Waals surface area contributed by atoms with E-state index in [4.69, 9.17) is 16.3 Å². The average Bonchev–Trinajstić information content (AvgIpc) is 2.34. The SMILES string of the molecule is O=C(Nc1ccc(Cl)cc1I)C1CCCCO1. The summed E-state index contributed by atoms with van der Waals surface area (Å²) in [5.41, 5.74) is 0.786. The Morgan fingerprint density at radius 2 is 2.29 bits per heavy atom. The molecular weight excluding hydrogens is 352 g/mol. The molecule has 0 spiro atoms. The maximum Gasteiger partial charge on any atom is 0.253 e. The van der Waals surface area contributed by atoms with Crippen LogP contribution in [-0.4, -0.2) is 18.6 Å². The fourth-order valence-electron chi connectivity index (χ4n) is 1.75. The molecule has 1 N–H and O–H groups in total. The van der Waals surface area contributed by atoms with E-state index in [9.17, 15) is 4.79 Å². The predicted octanol–water partition coefficient (Wildman–Crippen LogP) is 3.45. The summed E-state index contributed by atoms with van der Waals surface area (Å²) in [7, 11) is 0. The molecule has 1 unspecified atom stereocenters. The summed E-state index contributed by atoms with van der Waals surface area (Å²) in [5, 5.41) is 3.54. The minimum atomic E-state index is -0.310. The highest BCUT2D eigenvalue weighted by molar-refractivity contribution is 14.1. The number of carbonyl (C=O) groups is 1. The van der Waals surface area contributed by atoms with Gasteiger partial charge in [-0.15, -0.1) is 0 Å². The van der Waals surface area contributed by atoms with Gasteiger partial charge in [0.1, 0.15) is 6.10 Å². The van der Waals surface area contributed by atoms with E-state index in [2.05, 4.69) is 27.9 Å². The topological polar surface area (TPSA) is 38.3 Å². The summed E-state index contributed by atoms with van der Waals surface area (Å²) in [6.45, 7) is 0.676. The molecule has 1 atom stereocenters. The summed E-state index contributed by atoms with van der Waals surface area (Å²) in [4.78, 5) is 11.9. The zero-order chi connectivity index (χ0) is 12.3. The first-order chi connectivity index (χ1) is 8.16. The van der Waals surface area contributed by atoms with Crippen LogP contribution in [0.5, 0.6) is 0 Å². The summed E-state index contributed by atoms with van der Waals surface area (Å²) >= 11 is 8.01. The number of benzene rings is 1. The first-order valence-corrected chi connectivity index (χ1v) is 7.00. The minimum absolute atomic E-state index is 0.0649. The van der Waals surface area contributed by atoms with Crippen LogP contribution in [0.2, 0.25) is 5.02 Å². The monoisotopic (exact) mass is 365 g/mol. The van der Waals surface area contributed by atoms with Crippen molar-refractivity contribution in [3.8, 4) is 0 Å². The van der Waals surface area contributed by atoms with E-state index in [0.29, 0.717) is 11.6 Å². The number of carbonyl (C=O) groups excluding carboxylic acids is 1. The van der Waals surface area contributed by atoms with Gasteiger partial charge in [-0.25, -0.2) is 0 Å². The van der Waals surface area contributed by atoms with Crippen molar-refractivity contribution in [2.75, 3.05) is 11.9 Å². The molecule has 5 heteroatoms. The van der Waals surface area contributed by atoms with Crippen molar-refractivity contribution in [3.63, 3.8) is 0 Å². The summed E-state index contributed by atoms with van der Waals surface area (Å²) in [5.74, 6) is -0.0649. The molecule has 92 valence electrons. The molecular formula is C12H13ClINO2. The molecule has 1 amide bonds. The fraction of sp³-hybridized carbons (Fsp3) is 0.417. The van der Waals surface area contributed by atoms with E-state index < -0.39 is 0 Å². The molecule has 17 heavy (non-hydrogen) atoms. The molecule has 1 aliphatic rings. The van der Waals surface area contributed by atoms with Crippen LogP contribution >= 0.6 is 34.2 Å². The molecule has 1 aromatic carbocycles. The fourth-order valence-corrected chi connectivity index (χ4v) is 2.76. The Bertz CT molecular complexity index is 419. The Hall–Kier alpha value is -0.330. The van der Waals surface area contributed by atoms with Gasteiger partial charge in [-0.1, -0.05) is 11.6 Å². The van der Waals surface area contributed by atoms with Crippen LogP contribution in [0.25, 0.3) is 0 Å². The molecule has 0 saturated carbocycles. The van der Waals surface area contributed by atoms with Gasteiger partial charge >= 0.3 is 0 Å². The van der Waals surface area contributed by atoms with Crippen LogP contribution in [0.4, 0.5) is 5.69 Å². The van der Waals surface area contributed by atoms with E-state index in [1.54, 1.807) is 6.07 Å². The Morgan fingerprint density at radius 3 is 2.94 bits per heavy atom. The molecule has 1 aromatic rings. The maximum absolute atomic E-state index is 11.9. The smallest absolute Gasteiger partial charge is 0.253 e. The van der Waals surface area contributed by atoms with Gasteiger partial charge in [0.2, 0.25) is 0 Å². The Labute approximate surface area is 119 Å². The van der Waals surface area contributed by atoms with Crippen molar-refractivity contribution < 1.29 is 9.53 Å². The highest BCUT2D eigenvalue weighted by Gasteiger charge is 2.22. The zero-order valence-electron chi connectivity index (χ0n) is 9.21. The maximum atomic E-state index is 11.9. The van der Waals surface area contributed by atoms with Crippen LogP contribution in [0.1, 0.15) is 19.3 Å². The number of ether oxygens (including phenoxy) is 1. The van der Waals surface area contributed by atoms with Crippen LogP contribution in [0, 0.1) is 3.57 Å². The lowest BCUT2D eigenvalue weighted by Gasteiger charge is -2.21. The van der Waals surface area contributed by atoms with Gasteiger partial charge in [-0.3, -0.25) is 4.79 Å². The molecule has 0 aliphatic carbocycles.